The normalized spacial score (nSPS) is 39.3. The van der Waals surface area contributed by atoms with E-state index in [1.165, 1.54) is 37.9 Å². The van der Waals surface area contributed by atoms with Gasteiger partial charge in [0.15, 0.2) is 0 Å². The van der Waals surface area contributed by atoms with Gasteiger partial charge in [-0.05, 0) is 72.3 Å². The Morgan fingerprint density at radius 3 is 2.54 bits per heavy atom. The molecule has 6 heteroatoms. The number of nitrogens with one attached hydrogen (secondary N) is 1. The zero-order valence-electron chi connectivity index (χ0n) is 16.6. The van der Waals surface area contributed by atoms with E-state index in [-0.39, 0.29) is 72.4 Å². The van der Waals surface area contributed by atoms with Crippen molar-refractivity contribution in [3.05, 3.63) is 41.5 Å². The van der Waals surface area contributed by atoms with Crippen LogP contribution in [0.5, 0.6) is 0 Å². The molecule has 0 spiro atoms. The number of allylic oxidation sites excluding steroid dienone is 6. The van der Waals surface area contributed by atoms with Gasteiger partial charge in [-0.25, -0.2) is 5.90 Å². The molecule has 0 heterocycles. The minimum absolute atomic E-state index is 0. The summed E-state index contributed by atoms with van der Waals surface area (Å²) in [4.78, 5) is 3.00. The molecule has 0 aromatic heterocycles. The smallest absolute Gasteiger partial charge is 0.529 e. The van der Waals surface area contributed by atoms with E-state index in [1.54, 1.807) is 5.57 Å². The van der Waals surface area contributed by atoms with Crippen molar-refractivity contribution in [2.75, 3.05) is 7.11 Å². The van der Waals surface area contributed by atoms with Crippen LogP contribution in [0.25, 0.3) is 5.90 Å². The van der Waals surface area contributed by atoms with Crippen LogP contribution in [0.3, 0.4) is 0 Å². The van der Waals surface area contributed by atoms with E-state index in [0.717, 1.165) is 24.2 Å². The van der Waals surface area contributed by atoms with Crippen molar-refractivity contribution >= 4 is 0 Å². The minimum Gasteiger partial charge on any atom is -0.529 e. The fourth-order valence-electron chi connectivity index (χ4n) is 5.94. The molecule has 1 saturated carbocycles. The molecule has 0 aliphatic heterocycles. The number of nitrogens with two attached hydrogens (primary N) is 1. The van der Waals surface area contributed by atoms with E-state index in [0.29, 0.717) is 10.8 Å². The Morgan fingerprint density at radius 2 is 1.88 bits per heavy atom. The van der Waals surface area contributed by atoms with E-state index in [9.17, 15) is 0 Å². The van der Waals surface area contributed by atoms with Gasteiger partial charge in [-0.15, -0.1) is 0 Å². The summed E-state index contributed by atoms with van der Waals surface area (Å²) in [6, 6.07) is 0. The molecule has 0 aromatic carbocycles. The van der Waals surface area contributed by atoms with E-state index >= 15 is 0 Å². The molecule has 4 rings (SSSR count). The number of hydrogen-bond donors (Lipinski definition) is 1. The molecule has 140 valence electrons. The first-order valence-corrected chi connectivity index (χ1v) is 9.14. The Morgan fingerprint density at radius 1 is 1.19 bits per heavy atom. The summed E-state index contributed by atoms with van der Waals surface area (Å²) < 4.78 is 5.52. The van der Waals surface area contributed by atoms with Crippen LogP contribution in [-0.2, 0) is 30.7 Å². The molecule has 0 aromatic rings. The van der Waals surface area contributed by atoms with Gasteiger partial charge in [0, 0.05) is 27.5 Å². The third kappa shape index (κ3) is 4.52. The van der Waals surface area contributed by atoms with Crippen molar-refractivity contribution < 1.29 is 82.1 Å². The first kappa shape index (κ1) is 25.3. The van der Waals surface area contributed by atoms with Gasteiger partial charge in [0.25, 0.3) is 0 Å². The van der Waals surface area contributed by atoms with Crippen LogP contribution >= 0.6 is 0 Å². The molecular formula is C20H31KN2O2W. The summed E-state index contributed by atoms with van der Waals surface area (Å²) >= 11 is 0. The number of hydrogen-bond acceptors (Lipinski definition) is 3. The number of rotatable bonds is 1. The molecule has 5 atom stereocenters. The monoisotopic (exact) mass is 554 g/mol. The van der Waals surface area contributed by atoms with Gasteiger partial charge in [-0.3, -0.25) is 0 Å². The maximum Gasteiger partial charge on any atom is 1.00 e. The van der Waals surface area contributed by atoms with Crippen molar-refractivity contribution in [1.82, 2.24) is 0 Å². The van der Waals surface area contributed by atoms with Crippen LogP contribution in [0.2, 0.25) is 0 Å². The van der Waals surface area contributed by atoms with Gasteiger partial charge >= 0.3 is 51.4 Å². The van der Waals surface area contributed by atoms with E-state index in [1.807, 2.05) is 7.11 Å². The number of fused-ring (bicyclic) bond motifs is 5. The Hall–Kier alpha value is 1.22. The standard InChI is InChI=1S/C20H28O.K.H3N2O.W/c1-19-10-4-5-17(19)16-7-6-14-13-15(21-3)8-12-20(14,2)18(16)9-11-19;;1-3-2;/h4,6,10,13,16-18H,5,7-9,11-12H2,1-3H3;;1H,2H2;/q;+1;-1;/t16?,17?,18?,19-,20-;;;/m0.../s1. The van der Waals surface area contributed by atoms with Crippen LogP contribution in [0.15, 0.2) is 35.6 Å². The molecular weight excluding hydrogens is 523 g/mol. The van der Waals surface area contributed by atoms with Gasteiger partial charge in [0.05, 0.1) is 12.9 Å². The van der Waals surface area contributed by atoms with Crippen LogP contribution < -0.4 is 57.3 Å². The summed E-state index contributed by atoms with van der Waals surface area (Å²) in [5, 5.41) is 0. The van der Waals surface area contributed by atoms with Crippen molar-refractivity contribution in [3.63, 3.8) is 0 Å². The minimum atomic E-state index is 0. The third-order valence-electron chi connectivity index (χ3n) is 7.32. The quantitative estimate of drug-likeness (QED) is 0.307. The van der Waals surface area contributed by atoms with E-state index in [2.05, 4.69) is 49.0 Å². The fraction of sp³-hybridized carbons (Fsp3) is 0.700. The zero-order chi connectivity index (χ0) is 17.4. The van der Waals surface area contributed by atoms with Gasteiger partial charge < -0.3 is 15.6 Å². The maximum atomic E-state index is 5.52. The second-order valence-electron chi connectivity index (χ2n) is 8.30. The van der Waals surface area contributed by atoms with Gasteiger partial charge in [-0.2, -0.15) is 0 Å². The van der Waals surface area contributed by atoms with Gasteiger partial charge in [-0.1, -0.05) is 32.1 Å². The van der Waals surface area contributed by atoms with Crippen molar-refractivity contribution in [2.45, 2.75) is 52.4 Å². The fourth-order valence-corrected chi connectivity index (χ4v) is 5.94. The first-order valence-electron chi connectivity index (χ1n) is 9.14. The largest absolute Gasteiger partial charge is 1.00 e. The van der Waals surface area contributed by atoms with E-state index in [4.69, 9.17) is 10.6 Å². The van der Waals surface area contributed by atoms with Crippen LogP contribution in [0.1, 0.15) is 52.4 Å². The molecule has 0 bridgehead atoms. The predicted molar refractivity (Wildman–Crippen MR) is 96.3 cm³/mol. The third-order valence-corrected chi connectivity index (χ3v) is 7.32. The second-order valence-corrected chi connectivity index (χ2v) is 8.30. The van der Waals surface area contributed by atoms with E-state index < -0.39 is 0 Å². The molecule has 4 nitrogen and oxygen atoms in total. The van der Waals surface area contributed by atoms with Crippen LogP contribution in [0, 0.1) is 28.6 Å². The molecule has 4 aliphatic rings. The SMILES string of the molecule is COC1=CC2=CCC3C4CC=C[C@@]4(C)CCC3[C@@]2(C)CC1.[K+].[NH-]ON.[W]. The molecule has 0 saturated heterocycles. The molecule has 3 unspecified atom stereocenters. The average Bonchev–Trinajstić information content (AvgIpc) is 2.96. The Bertz CT molecular complexity index is 580. The van der Waals surface area contributed by atoms with Crippen molar-refractivity contribution in [2.24, 2.45) is 34.5 Å². The summed E-state index contributed by atoms with van der Waals surface area (Å²) in [6.45, 7) is 5.03. The molecule has 0 amide bonds. The Balaban J connectivity index is 0.000000635. The maximum absolute atomic E-state index is 5.52. The van der Waals surface area contributed by atoms with Gasteiger partial charge in [0.2, 0.25) is 0 Å². The molecule has 1 fully saturated rings. The first-order chi connectivity index (χ1) is 11.5. The van der Waals surface area contributed by atoms with Crippen LogP contribution in [0.4, 0.5) is 0 Å². The Kier molecular flexibility index (Phi) is 10.0. The molecule has 3 N–H and O–H groups in total. The summed E-state index contributed by atoms with van der Waals surface area (Å²) in [6.07, 6.45) is 17.7. The Labute approximate surface area is 215 Å². The summed E-state index contributed by atoms with van der Waals surface area (Å²) in [5.41, 5.74) is 2.46. The number of methoxy groups -OCH3 is 1. The second kappa shape index (κ2) is 10.3. The van der Waals surface area contributed by atoms with Crippen molar-refractivity contribution in [1.29, 1.82) is 0 Å². The van der Waals surface area contributed by atoms with Gasteiger partial charge in [0.1, 0.15) is 0 Å². The molecule has 26 heavy (non-hydrogen) atoms. The molecule has 0 radical (unpaired) electrons. The zero-order valence-corrected chi connectivity index (χ0v) is 22.6. The topological polar surface area (TPSA) is 68.3 Å². The van der Waals surface area contributed by atoms with Crippen LogP contribution in [-0.4, -0.2) is 7.11 Å². The number of ether oxygens (including phenoxy) is 1. The summed E-state index contributed by atoms with van der Waals surface area (Å²) in [5.74, 6) is 13.3. The summed E-state index contributed by atoms with van der Waals surface area (Å²) in [7, 11) is 1.82. The molecule has 4 aliphatic carbocycles. The predicted octanol–water partition coefficient (Wildman–Crippen LogP) is 2.10. The average molecular weight is 554 g/mol. The van der Waals surface area contributed by atoms with Crippen molar-refractivity contribution in [3.8, 4) is 0 Å².